The van der Waals surface area contributed by atoms with E-state index in [2.05, 4.69) is 0 Å². The highest BCUT2D eigenvalue weighted by atomic mass is 16.7. The highest BCUT2D eigenvalue weighted by Crippen LogP contribution is 2.32. The van der Waals surface area contributed by atoms with E-state index in [1.807, 2.05) is 0 Å². The van der Waals surface area contributed by atoms with Crippen LogP contribution in [-0.4, -0.2) is 136 Å². The molecule has 0 amide bonds. The number of carbonyl (C=O) groups is 2. The van der Waals surface area contributed by atoms with Gasteiger partial charge >= 0.3 is 0 Å². The Hall–Kier alpha value is -1.14. The van der Waals surface area contributed by atoms with E-state index in [0.717, 1.165) is 0 Å². The van der Waals surface area contributed by atoms with Crippen molar-refractivity contribution in [1.29, 1.82) is 0 Å². The van der Waals surface area contributed by atoms with Gasteiger partial charge in [0.25, 0.3) is 11.6 Å². The molecule has 0 aromatic carbocycles. The van der Waals surface area contributed by atoms with Crippen molar-refractivity contribution in [2.45, 2.75) is 86.1 Å². The van der Waals surface area contributed by atoms with E-state index < -0.39 is 98.0 Å². The zero-order valence-electron chi connectivity index (χ0n) is 17.0. The lowest BCUT2D eigenvalue weighted by atomic mass is 9.87. The fourth-order valence-corrected chi connectivity index (χ4v) is 3.70. The van der Waals surface area contributed by atoms with Crippen molar-refractivity contribution >= 4 is 11.6 Å². The number of hydrogen-bond acceptors (Lipinski definition) is 14. The van der Waals surface area contributed by atoms with E-state index in [1.165, 1.54) is 0 Å². The molecule has 2 aliphatic heterocycles. The predicted octanol–water partition coefficient (Wildman–Crippen LogP) is -5.99. The van der Waals surface area contributed by atoms with Gasteiger partial charge in [0.2, 0.25) is 0 Å². The van der Waals surface area contributed by atoms with Gasteiger partial charge in [-0.25, -0.2) is 0 Å². The maximum atomic E-state index is 12.4. The van der Waals surface area contributed by atoms with E-state index in [-0.39, 0.29) is 12.8 Å². The smallest absolute Gasteiger partial charge is 0.256 e. The molecular formula is C18H30O14. The predicted molar refractivity (Wildman–Crippen MR) is 98.3 cm³/mol. The molecule has 14 nitrogen and oxygen atoms in total. The van der Waals surface area contributed by atoms with Crippen LogP contribution < -0.4 is 0 Å². The number of aliphatic hydroxyl groups excluding tert-OH is 8. The van der Waals surface area contributed by atoms with Crippen molar-refractivity contribution < 1.29 is 70.1 Å². The van der Waals surface area contributed by atoms with Crippen LogP contribution in [0.3, 0.4) is 0 Å². The van der Waals surface area contributed by atoms with Crippen molar-refractivity contribution in [3.8, 4) is 0 Å². The minimum absolute atomic E-state index is 0.105. The second-order valence-electron chi connectivity index (χ2n) is 7.98. The number of hydrogen-bond donors (Lipinski definition) is 10. The third kappa shape index (κ3) is 4.86. The fourth-order valence-electron chi connectivity index (χ4n) is 3.70. The molecule has 2 aliphatic rings. The Morgan fingerprint density at radius 3 is 1.22 bits per heavy atom. The summed E-state index contributed by atoms with van der Waals surface area (Å²) in [4.78, 5) is 24.7. The van der Waals surface area contributed by atoms with Crippen LogP contribution in [0.2, 0.25) is 0 Å². The van der Waals surface area contributed by atoms with E-state index in [0.29, 0.717) is 0 Å². The molecule has 2 fully saturated rings. The molecule has 14 heteroatoms. The van der Waals surface area contributed by atoms with E-state index in [1.54, 1.807) is 0 Å². The lowest BCUT2D eigenvalue weighted by Gasteiger charge is -2.44. The Kier molecular flexibility index (Phi) is 8.82. The maximum Gasteiger partial charge on any atom is 0.256 e. The van der Waals surface area contributed by atoms with Crippen molar-refractivity contribution in [2.75, 3.05) is 13.2 Å². The number of ketones is 2. The Bertz CT molecular complexity index is 614. The highest BCUT2D eigenvalue weighted by Gasteiger charge is 2.57. The monoisotopic (exact) mass is 470 g/mol. The molecule has 0 unspecified atom stereocenters. The molecule has 32 heavy (non-hydrogen) atoms. The Labute approximate surface area is 181 Å². The highest BCUT2D eigenvalue weighted by molar-refractivity contribution is 5.87. The zero-order valence-corrected chi connectivity index (χ0v) is 17.0. The summed E-state index contributed by atoms with van der Waals surface area (Å²) in [6.45, 7) is -1.71. The van der Waals surface area contributed by atoms with Crippen LogP contribution in [0.5, 0.6) is 0 Å². The van der Waals surface area contributed by atoms with Gasteiger partial charge in [0.15, 0.2) is 11.6 Å². The summed E-state index contributed by atoms with van der Waals surface area (Å²) >= 11 is 0. The Morgan fingerprint density at radius 1 is 0.625 bits per heavy atom. The van der Waals surface area contributed by atoms with Gasteiger partial charge in [-0.05, 0) is 12.8 Å². The van der Waals surface area contributed by atoms with Gasteiger partial charge in [-0.15, -0.1) is 0 Å². The summed E-state index contributed by atoms with van der Waals surface area (Å²) < 4.78 is 9.78. The topological polar surface area (TPSA) is 255 Å². The SMILES string of the molecule is O=C(CCCCC(=O)[C@@]1(O)O[C@H](CO)[C@@H](O)[C@H](O)[C@@H]1O)[C@@]1(O)O[C@H](CO)[C@@H](O)[C@H](O)[C@@H]1O. The second kappa shape index (κ2) is 10.4. The van der Waals surface area contributed by atoms with Crippen LogP contribution in [0.4, 0.5) is 0 Å². The summed E-state index contributed by atoms with van der Waals surface area (Å²) in [7, 11) is 0. The fraction of sp³-hybridized carbons (Fsp3) is 0.889. The van der Waals surface area contributed by atoms with Gasteiger partial charge < -0.3 is 60.5 Å². The largest absolute Gasteiger partial charge is 0.394 e. The van der Waals surface area contributed by atoms with Gasteiger partial charge in [-0.1, -0.05) is 0 Å². The molecule has 0 radical (unpaired) electrons. The molecule has 0 aromatic heterocycles. The van der Waals surface area contributed by atoms with Gasteiger partial charge in [0.1, 0.15) is 48.8 Å². The molecule has 0 spiro atoms. The average Bonchev–Trinajstić information content (AvgIpc) is 2.78. The van der Waals surface area contributed by atoms with Crippen molar-refractivity contribution in [3.05, 3.63) is 0 Å². The van der Waals surface area contributed by atoms with Gasteiger partial charge in [0.05, 0.1) is 13.2 Å². The standard InChI is InChI=1S/C18H30O14/c19-5-7-11(23)13(25)15(27)17(29,31-7)9(21)3-1-2-4-10(22)18(30)16(28)14(26)12(24)8(6-20)32-18/h7-8,11-16,19-20,23-30H,1-6H2/t7-,8-,11-,12-,13+,14+,15+,16+,17-,18-/m1/s1. The van der Waals surface area contributed by atoms with E-state index in [9.17, 15) is 50.4 Å². The van der Waals surface area contributed by atoms with E-state index >= 15 is 0 Å². The second-order valence-corrected chi connectivity index (χ2v) is 7.98. The first-order chi connectivity index (χ1) is 14.8. The summed E-state index contributed by atoms with van der Waals surface area (Å²) in [5.41, 5.74) is 0. The number of Topliss-reactive ketones (excluding diaryl/α,β-unsaturated/α-hetero) is 2. The van der Waals surface area contributed by atoms with Gasteiger partial charge in [-0.2, -0.15) is 0 Å². The molecule has 0 aromatic rings. The average molecular weight is 470 g/mol. The lowest BCUT2D eigenvalue weighted by Crippen LogP contribution is -2.68. The van der Waals surface area contributed by atoms with Crippen LogP contribution >= 0.6 is 0 Å². The first kappa shape index (κ1) is 27.1. The molecule has 2 heterocycles. The summed E-state index contributed by atoms with van der Waals surface area (Å²) in [6, 6.07) is 0. The van der Waals surface area contributed by atoms with Crippen molar-refractivity contribution in [3.63, 3.8) is 0 Å². The first-order valence-corrected chi connectivity index (χ1v) is 10.0. The molecule has 0 aliphatic carbocycles. The molecule has 2 rings (SSSR count). The molecule has 10 N–H and O–H groups in total. The minimum atomic E-state index is -2.91. The lowest BCUT2D eigenvalue weighted by molar-refractivity contribution is -0.331. The first-order valence-electron chi connectivity index (χ1n) is 10.0. The van der Waals surface area contributed by atoms with Crippen molar-refractivity contribution in [1.82, 2.24) is 0 Å². The molecule has 10 atom stereocenters. The number of carbonyl (C=O) groups excluding carboxylic acids is 2. The number of ether oxygens (including phenoxy) is 2. The molecule has 0 saturated carbocycles. The Balaban J connectivity index is 1.93. The van der Waals surface area contributed by atoms with Crippen molar-refractivity contribution in [2.24, 2.45) is 0 Å². The number of unbranched alkanes of at least 4 members (excludes halogenated alkanes) is 1. The normalized spacial score (nSPS) is 44.9. The molecule has 2 saturated heterocycles. The van der Waals surface area contributed by atoms with E-state index in [4.69, 9.17) is 19.7 Å². The van der Waals surface area contributed by atoms with Crippen LogP contribution in [0.25, 0.3) is 0 Å². The molecule has 186 valence electrons. The summed E-state index contributed by atoms with van der Waals surface area (Å²) in [5, 5.41) is 97.8. The number of aliphatic hydroxyl groups is 10. The summed E-state index contributed by atoms with van der Waals surface area (Å²) in [5.74, 6) is -8.03. The Morgan fingerprint density at radius 2 is 0.938 bits per heavy atom. The van der Waals surface area contributed by atoms with Gasteiger partial charge in [-0.3, -0.25) is 9.59 Å². The number of rotatable bonds is 9. The quantitative estimate of drug-likeness (QED) is 0.141. The van der Waals surface area contributed by atoms with Crippen LogP contribution in [0.1, 0.15) is 25.7 Å². The van der Waals surface area contributed by atoms with Gasteiger partial charge in [0, 0.05) is 12.8 Å². The van der Waals surface area contributed by atoms with Crippen LogP contribution in [0.15, 0.2) is 0 Å². The molecular weight excluding hydrogens is 440 g/mol. The maximum absolute atomic E-state index is 12.4. The van der Waals surface area contributed by atoms with Crippen LogP contribution in [0, 0.1) is 0 Å². The minimum Gasteiger partial charge on any atom is -0.394 e. The zero-order chi connectivity index (χ0) is 24.4. The van der Waals surface area contributed by atoms with Crippen LogP contribution in [-0.2, 0) is 19.1 Å². The third-order valence-electron chi connectivity index (χ3n) is 5.79. The summed E-state index contributed by atoms with van der Waals surface area (Å²) in [6.07, 6.45) is -16.1. The third-order valence-corrected chi connectivity index (χ3v) is 5.79. The molecule has 0 bridgehead atoms.